The van der Waals surface area contributed by atoms with Crippen molar-refractivity contribution in [3.05, 3.63) is 53.7 Å². The number of carbonyl (C=O) groups excluding carboxylic acids is 1. The molecule has 2 aromatic rings. The van der Waals surface area contributed by atoms with Gasteiger partial charge in [0.05, 0.1) is 24.5 Å². The molecule has 0 radical (unpaired) electrons. The minimum absolute atomic E-state index is 0.0286. The van der Waals surface area contributed by atoms with Crippen molar-refractivity contribution in [2.24, 2.45) is 0 Å². The van der Waals surface area contributed by atoms with Gasteiger partial charge in [0, 0.05) is 25.5 Å². The molecule has 1 atom stereocenters. The summed E-state index contributed by atoms with van der Waals surface area (Å²) >= 11 is 0. The van der Waals surface area contributed by atoms with Crippen LogP contribution in [0.3, 0.4) is 0 Å². The van der Waals surface area contributed by atoms with E-state index in [9.17, 15) is 4.79 Å². The Morgan fingerprint density at radius 3 is 3.14 bits per heavy atom. The summed E-state index contributed by atoms with van der Waals surface area (Å²) in [6.07, 6.45) is 7.13. The lowest BCUT2D eigenvalue weighted by atomic mass is 10.1. The van der Waals surface area contributed by atoms with E-state index in [1.54, 1.807) is 24.7 Å². The second kappa shape index (κ2) is 6.75. The molecule has 1 fully saturated rings. The Balaban J connectivity index is 1.57. The fourth-order valence-electron chi connectivity index (χ4n) is 2.73. The average Bonchev–Trinajstić information content (AvgIpc) is 2.99. The van der Waals surface area contributed by atoms with E-state index in [0.717, 1.165) is 24.9 Å². The second-order valence-electron chi connectivity index (χ2n) is 5.58. The number of piperidine rings is 1. The summed E-state index contributed by atoms with van der Waals surface area (Å²) in [5, 5.41) is 0. The number of hydrogen-bond donors (Lipinski definition) is 0. The van der Waals surface area contributed by atoms with Gasteiger partial charge in [0.1, 0.15) is 5.76 Å². The Kier molecular flexibility index (Phi) is 4.53. The number of carbonyl (C=O) groups is 1. The van der Waals surface area contributed by atoms with Gasteiger partial charge in [-0.3, -0.25) is 9.78 Å². The lowest BCUT2D eigenvalue weighted by molar-refractivity contribution is -0.00686. The molecule has 3 heterocycles. The van der Waals surface area contributed by atoms with Crippen LogP contribution in [-0.4, -0.2) is 35.0 Å². The van der Waals surface area contributed by atoms with Gasteiger partial charge in [-0.2, -0.15) is 0 Å². The minimum Gasteiger partial charge on any atom is -0.469 e. The van der Waals surface area contributed by atoms with Gasteiger partial charge in [-0.15, -0.1) is 0 Å². The number of furan rings is 1. The molecule has 0 saturated carbocycles. The molecule has 0 aliphatic carbocycles. The normalized spacial score (nSPS) is 18.4. The van der Waals surface area contributed by atoms with E-state index in [-0.39, 0.29) is 12.0 Å². The van der Waals surface area contributed by atoms with Gasteiger partial charge in [-0.1, -0.05) is 6.07 Å². The third-order valence-corrected chi connectivity index (χ3v) is 3.96. The molecule has 0 aromatic carbocycles. The maximum Gasteiger partial charge on any atom is 0.257 e. The van der Waals surface area contributed by atoms with E-state index in [4.69, 9.17) is 9.15 Å². The third-order valence-electron chi connectivity index (χ3n) is 3.96. The van der Waals surface area contributed by atoms with Gasteiger partial charge in [-0.05, 0) is 37.5 Å². The molecule has 2 aromatic heterocycles. The quantitative estimate of drug-likeness (QED) is 0.871. The second-order valence-corrected chi connectivity index (χ2v) is 5.58. The van der Waals surface area contributed by atoms with Crippen LogP contribution in [0.4, 0.5) is 0 Å². The molecular weight excluding hydrogens is 280 g/mol. The molecule has 3 rings (SSSR count). The molecule has 0 unspecified atom stereocenters. The smallest absolute Gasteiger partial charge is 0.257 e. The van der Waals surface area contributed by atoms with Crippen molar-refractivity contribution in [2.75, 3.05) is 13.1 Å². The first-order chi connectivity index (χ1) is 10.7. The number of aryl methyl sites for hydroxylation is 1. The van der Waals surface area contributed by atoms with Crippen LogP contribution in [0.1, 0.15) is 34.5 Å². The highest BCUT2D eigenvalue weighted by Crippen LogP contribution is 2.19. The predicted octanol–water partition coefficient (Wildman–Crippen LogP) is 2.80. The van der Waals surface area contributed by atoms with Crippen LogP contribution in [0.5, 0.6) is 0 Å². The third kappa shape index (κ3) is 3.36. The standard InChI is InChI=1S/C17H20N2O3/c1-13-16(6-9-21-13)17(20)19-8-3-5-15(11-19)22-12-14-4-2-7-18-10-14/h2,4,6-7,9-10,15H,3,5,8,11-12H2,1H3/t15-/m1/s1. The minimum atomic E-state index is 0.0286. The number of rotatable bonds is 4. The Morgan fingerprint density at radius 1 is 1.50 bits per heavy atom. The van der Waals surface area contributed by atoms with Crippen LogP contribution < -0.4 is 0 Å². The summed E-state index contributed by atoms with van der Waals surface area (Å²) in [4.78, 5) is 18.4. The van der Waals surface area contributed by atoms with Crippen LogP contribution in [0.25, 0.3) is 0 Å². The van der Waals surface area contributed by atoms with Crippen LogP contribution >= 0.6 is 0 Å². The highest BCUT2D eigenvalue weighted by Gasteiger charge is 2.26. The highest BCUT2D eigenvalue weighted by atomic mass is 16.5. The Bertz CT molecular complexity index is 624. The van der Waals surface area contributed by atoms with E-state index >= 15 is 0 Å². The van der Waals surface area contributed by atoms with Crippen LogP contribution in [0.2, 0.25) is 0 Å². The SMILES string of the molecule is Cc1occc1C(=O)N1CCC[C@@H](OCc2cccnc2)C1. The first-order valence-electron chi connectivity index (χ1n) is 7.58. The molecule has 1 aliphatic rings. The van der Waals surface area contributed by atoms with Crippen LogP contribution in [0, 0.1) is 6.92 Å². The lowest BCUT2D eigenvalue weighted by Crippen LogP contribution is -2.43. The molecule has 116 valence electrons. The highest BCUT2D eigenvalue weighted by molar-refractivity contribution is 5.95. The summed E-state index contributed by atoms with van der Waals surface area (Å²) in [7, 11) is 0. The molecule has 0 bridgehead atoms. The fourth-order valence-corrected chi connectivity index (χ4v) is 2.73. The van der Waals surface area contributed by atoms with Crippen molar-refractivity contribution in [1.29, 1.82) is 0 Å². The first kappa shape index (κ1) is 14.8. The van der Waals surface area contributed by atoms with Crippen molar-refractivity contribution >= 4 is 5.91 Å². The maximum atomic E-state index is 12.5. The average molecular weight is 300 g/mol. The number of hydrogen-bond acceptors (Lipinski definition) is 4. The molecule has 5 heteroatoms. The maximum absolute atomic E-state index is 12.5. The van der Waals surface area contributed by atoms with E-state index in [1.807, 2.05) is 24.0 Å². The summed E-state index contributed by atoms with van der Waals surface area (Å²) < 4.78 is 11.2. The largest absolute Gasteiger partial charge is 0.469 e. The molecule has 22 heavy (non-hydrogen) atoms. The van der Waals surface area contributed by atoms with Gasteiger partial charge in [0.25, 0.3) is 5.91 Å². The Labute approximate surface area is 129 Å². The van der Waals surface area contributed by atoms with Crippen LogP contribution in [0.15, 0.2) is 41.3 Å². The number of amides is 1. The molecule has 0 N–H and O–H groups in total. The molecule has 1 aliphatic heterocycles. The lowest BCUT2D eigenvalue weighted by Gasteiger charge is -2.32. The number of ether oxygens (including phenoxy) is 1. The molecule has 1 amide bonds. The number of pyridine rings is 1. The first-order valence-corrected chi connectivity index (χ1v) is 7.58. The summed E-state index contributed by atoms with van der Waals surface area (Å²) in [6.45, 7) is 3.75. The molecule has 1 saturated heterocycles. The Hall–Kier alpha value is -2.14. The number of aromatic nitrogens is 1. The zero-order valence-corrected chi connectivity index (χ0v) is 12.7. The van der Waals surface area contributed by atoms with Gasteiger partial charge in [0.2, 0.25) is 0 Å². The van der Waals surface area contributed by atoms with Crippen molar-refractivity contribution in [2.45, 2.75) is 32.5 Å². The fraction of sp³-hybridized carbons (Fsp3) is 0.412. The molecule has 5 nitrogen and oxygen atoms in total. The summed E-state index contributed by atoms with van der Waals surface area (Å²) in [6, 6.07) is 5.63. The molecular formula is C17H20N2O3. The van der Waals surface area contributed by atoms with E-state index in [1.165, 1.54) is 0 Å². The number of nitrogens with zero attached hydrogens (tertiary/aromatic N) is 2. The number of likely N-dealkylation sites (tertiary alicyclic amines) is 1. The van der Waals surface area contributed by atoms with Gasteiger partial charge < -0.3 is 14.1 Å². The van der Waals surface area contributed by atoms with Crippen molar-refractivity contribution in [3.63, 3.8) is 0 Å². The van der Waals surface area contributed by atoms with Crippen molar-refractivity contribution in [3.8, 4) is 0 Å². The van der Waals surface area contributed by atoms with Crippen LogP contribution in [-0.2, 0) is 11.3 Å². The monoisotopic (exact) mass is 300 g/mol. The molecule has 0 spiro atoms. The zero-order chi connectivity index (χ0) is 15.4. The van der Waals surface area contributed by atoms with Gasteiger partial charge in [-0.25, -0.2) is 0 Å². The van der Waals surface area contributed by atoms with Crippen molar-refractivity contribution in [1.82, 2.24) is 9.88 Å². The summed E-state index contributed by atoms with van der Waals surface area (Å²) in [5.74, 6) is 0.698. The predicted molar refractivity (Wildman–Crippen MR) is 81.4 cm³/mol. The Morgan fingerprint density at radius 2 is 2.41 bits per heavy atom. The van der Waals surface area contributed by atoms with Gasteiger partial charge >= 0.3 is 0 Å². The van der Waals surface area contributed by atoms with Crippen molar-refractivity contribution < 1.29 is 13.9 Å². The zero-order valence-electron chi connectivity index (χ0n) is 12.7. The van der Waals surface area contributed by atoms with E-state index < -0.39 is 0 Å². The summed E-state index contributed by atoms with van der Waals surface area (Å²) in [5.41, 5.74) is 1.70. The van der Waals surface area contributed by atoms with E-state index in [0.29, 0.717) is 24.5 Å². The van der Waals surface area contributed by atoms with Gasteiger partial charge in [0.15, 0.2) is 0 Å². The topological polar surface area (TPSA) is 55.6 Å². The van der Waals surface area contributed by atoms with E-state index in [2.05, 4.69) is 4.98 Å².